The lowest BCUT2D eigenvalue weighted by atomic mass is 10.1. The maximum Gasteiger partial charge on any atom is 0.330 e. The van der Waals surface area contributed by atoms with Gasteiger partial charge in [-0.15, -0.1) is 0 Å². The van der Waals surface area contributed by atoms with Crippen molar-refractivity contribution in [2.45, 2.75) is 6.04 Å². The summed E-state index contributed by atoms with van der Waals surface area (Å²) in [6, 6.07) is 11.0. The summed E-state index contributed by atoms with van der Waals surface area (Å²) in [4.78, 5) is 23.5. The van der Waals surface area contributed by atoms with Crippen LogP contribution in [0.15, 0.2) is 48.5 Å². The van der Waals surface area contributed by atoms with Crippen LogP contribution < -0.4 is 5.32 Å². The van der Waals surface area contributed by atoms with Crippen LogP contribution in [0.2, 0.25) is 5.02 Å². The molecule has 3 N–H and O–H groups in total. The van der Waals surface area contributed by atoms with Crippen LogP contribution >= 0.6 is 11.6 Å². The molecule has 108 valence electrons. The summed E-state index contributed by atoms with van der Waals surface area (Å²) >= 11 is 5.88. The lowest BCUT2D eigenvalue weighted by molar-refractivity contribution is -0.139. The molecule has 0 spiro atoms. The molecule has 0 heterocycles. The Balaban J connectivity index is 2.27. The number of halogens is 1. The zero-order valence-corrected chi connectivity index (χ0v) is 11.5. The molecule has 0 radical (unpaired) electrons. The number of carbonyl (C=O) groups is 2. The minimum atomic E-state index is -1.20. The van der Waals surface area contributed by atoms with Gasteiger partial charge in [-0.3, -0.25) is 4.79 Å². The van der Waals surface area contributed by atoms with Crippen LogP contribution in [0.25, 0.3) is 0 Å². The second-order valence-corrected chi connectivity index (χ2v) is 4.73. The van der Waals surface area contributed by atoms with Gasteiger partial charge in [0.2, 0.25) is 0 Å². The summed E-state index contributed by atoms with van der Waals surface area (Å²) in [7, 11) is 0. The van der Waals surface area contributed by atoms with Gasteiger partial charge in [-0.2, -0.15) is 0 Å². The number of carbonyl (C=O) groups excluding carboxylic acids is 1. The van der Waals surface area contributed by atoms with Crippen LogP contribution in [0.3, 0.4) is 0 Å². The first-order valence-corrected chi connectivity index (χ1v) is 6.44. The molecule has 2 aromatic carbocycles. The normalized spacial score (nSPS) is 11.7. The van der Waals surface area contributed by atoms with Crippen molar-refractivity contribution in [3.05, 3.63) is 64.7 Å². The van der Waals surface area contributed by atoms with Crippen molar-refractivity contribution >= 4 is 23.5 Å². The van der Waals surface area contributed by atoms with Crippen molar-refractivity contribution in [2.24, 2.45) is 0 Å². The predicted octanol–water partition coefficient (Wildman–Crippen LogP) is 2.60. The van der Waals surface area contributed by atoms with E-state index in [-0.39, 0.29) is 16.3 Å². The van der Waals surface area contributed by atoms with Crippen molar-refractivity contribution in [3.8, 4) is 5.75 Å². The highest BCUT2D eigenvalue weighted by molar-refractivity contribution is 6.33. The Morgan fingerprint density at radius 3 is 2.38 bits per heavy atom. The molecule has 0 aliphatic heterocycles. The number of nitrogens with one attached hydrogen (secondary N) is 1. The number of rotatable bonds is 4. The fourth-order valence-electron chi connectivity index (χ4n) is 1.83. The fourth-order valence-corrected chi connectivity index (χ4v) is 2.03. The van der Waals surface area contributed by atoms with E-state index < -0.39 is 17.9 Å². The van der Waals surface area contributed by atoms with E-state index in [0.717, 1.165) is 0 Å². The SMILES string of the molecule is O=C(N[C@H](C(=O)O)c1ccccc1)c1cc(O)ccc1Cl. The number of phenolic OH excluding ortho intramolecular Hbond substituents is 1. The Labute approximate surface area is 125 Å². The Morgan fingerprint density at radius 1 is 1.10 bits per heavy atom. The maximum atomic E-state index is 12.1. The number of carboxylic acid groups (broad SMARTS) is 1. The molecule has 1 atom stereocenters. The van der Waals surface area contributed by atoms with Gasteiger partial charge in [0.15, 0.2) is 6.04 Å². The molecule has 2 rings (SSSR count). The van der Waals surface area contributed by atoms with Crippen molar-refractivity contribution in [1.82, 2.24) is 5.32 Å². The van der Waals surface area contributed by atoms with Gasteiger partial charge < -0.3 is 15.5 Å². The van der Waals surface area contributed by atoms with Crippen molar-refractivity contribution < 1.29 is 19.8 Å². The van der Waals surface area contributed by atoms with E-state index in [0.29, 0.717) is 5.56 Å². The number of carboxylic acids is 1. The molecule has 0 saturated heterocycles. The van der Waals surface area contributed by atoms with Gasteiger partial charge in [0, 0.05) is 0 Å². The quantitative estimate of drug-likeness (QED) is 0.810. The third-order valence-electron chi connectivity index (χ3n) is 2.85. The van der Waals surface area contributed by atoms with Crippen LogP contribution in [-0.4, -0.2) is 22.1 Å². The molecule has 0 fully saturated rings. The van der Waals surface area contributed by atoms with Crippen LogP contribution in [0, 0.1) is 0 Å². The second kappa shape index (κ2) is 6.28. The topological polar surface area (TPSA) is 86.6 Å². The first-order valence-electron chi connectivity index (χ1n) is 6.06. The second-order valence-electron chi connectivity index (χ2n) is 4.32. The summed E-state index contributed by atoms with van der Waals surface area (Å²) in [6.07, 6.45) is 0. The number of aromatic hydroxyl groups is 1. The minimum Gasteiger partial charge on any atom is -0.508 e. The largest absolute Gasteiger partial charge is 0.508 e. The van der Waals surface area contributed by atoms with E-state index in [1.54, 1.807) is 30.3 Å². The van der Waals surface area contributed by atoms with Crippen molar-refractivity contribution in [3.63, 3.8) is 0 Å². The van der Waals surface area contributed by atoms with E-state index in [1.807, 2.05) is 0 Å². The highest BCUT2D eigenvalue weighted by Gasteiger charge is 2.23. The van der Waals surface area contributed by atoms with Gasteiger partial charge in [-0.05, 0) is 23.8 Å². The van der Waals surface area contributed by atoms with Gasteiger partial charge in [0.25, 0.3) is 5.91 Å². The van der Waals surface area contributed by atoms with E-state index in [9.17, 15) is 19.8 Å². The van der Waals surface area contributed by atoms with Crippen LogP contribution in [0.1, 0.15) is 22.0 Å². The van der Waals surface area contributed by atoms with E-state index in [1.165, 1.54) is 18.2 Å². The minimum absolute atomic E-state index is 0.0128. The van der Waals surface area contributed by atoms with Crippen LogP contribution in [0.4, 0.5) is 0 Å². The standard InChI is InChI=1S/C15H12ClNO4/c16-12-7-6-10(18)8-11(12)14(19)17-13(15(20)21)9-4-2-1-3-5-9/h1-8,13,18H,(H,17,19)(H,20,21)/t13-/m0/s1. The average Bonchev–Trinajstić information content (AvgIpc) is 2.47. The molecular weight excluding hydrogens is 294 g/mol. The maximum absolute atomic E-state index is 12.1. The van der Waals surface area contributed by atoms with Gasteiger partial charge >= 0.3 is 5.97 Å². The summed E-state index contributed by atoms with van der Waals surface area (Å²) in [5.74, 6) is -1.99. The zero-order valence-electron chi connectivity index (χ0n) is 10.8. The van der Waals surface area contributed by atoms with Gasteiger partial charge in [0.05, 0.1) is 10.6 Å². The average molecular weight is 306 g/mol. The number of hydrogen-bond donors (Lipinski definition) is 3. The lowest BCUT2D eigenvalue weighted by Crippen LogP contribution is -2.33. The van der Waals surface area contributed by atoms with E-state index in [2.05, 4.69) is 5.32 Å². The van der Waals surface area contributed by atoms with Crippen molar-refractivity contribution in [2.75, 3.05) is 0 Å². The smallest absolute Gasteiger partial charge is 0.330 e. The van der Waals surface area contributed by atoms with Gasteiger partial charge in [0.1, 0.15) is 5.75 Å². The lowest BCUT2D eigenvalue weighted by Gasteiger charge is -2.15. The Hall–Kier alpha value is -2.53. The molecule has 0 saturated carbocycles. The zero-order chi connectivity index (χ0) is 15.4. The predicted molar refractivity (Wildman–Crippen MR) is 77.4 cm³/mol. The fraction of sp³-hybridized carbons (Fsp3) is 0.0667. The van der Waals surface area contributed by atoms with Crippen LogP contribution in [0.5, 0.6) is 5.75 Å². The molecule has 2 aromatic rings. The first-order chi connectivity index (χ1) is 9.99. The molecule has 0 bridgehead atoms. The van der Waals surface area contributed by atoms with E-state index in [4.69, 9.17) is 11.6 Å². The number of phenols is 1. The molecule has 21 heavy (non-hydrogen) atoms. The van der Waals surface area contributed by atoms with Crippen LogP contribution in [-0.2, 0) is 4.79 Å². The number of aliphatic carboxylic acids is 1. The monoisotopic (exact) mass is 305 g/mol. The third kappa shape index (κ3) is 3.52. The molecule has 0 aliphatic rings. The Bertz CT molecular complexity index is 673. The van der Waals surface area contributed by atoms with Gasteiger partial charge in [-0.1, -0.05) is 41.9 Å². The molecule has 0 aliphatic carbocycles. The highest BCUT2D eigenvalue weighted by Crippen LogP contribution is 2.22. The third-order valence-corrected chi connectivity index (χ3v) is 3.18. The molecule has 6 heteroatoms. The molecule has 1 amide bonds. The Morgan fingerprint density at radius 2 is 1.76 bits per heavy atom. The first kappa shape index (κ1) is 14.9. The summed E-state index contributed by atoms with van der Waals surface area (Å²) < 4.78 is 0. The molecule has 0 unspecified atom stereocenters. The Kier molecular flexibility index (Phi) is 4.45. The summed E-state index contributed by atoms with van der Waals surface area (Å²) in [5, 5.41) is 21.2. The number of amides is 1. The number of hydrogen-bond acceptors (Lipinski definition) is 3. The molecular formula is C15H12ClNO4. The van der Waals surface area contributed by atoms with E-state index >= 15 is 0 Å². The van der Waals surface area contributed by atoms with Crippen molar-refractivity contribution in [1.29, 1.82) is 0 Å². The summed E-state index contributed by atoms with van der Waals surface area (Å²) in [6.45, 7) is 0. The highest BCUT2D eigenvalue weighted by atomic mass is 35.5. The molecule has 5 nitrogen and oxygen atoms in total. The summed E-state index contributed by atoms with van der Waals surface area (Å²) in [5.41, 5.74) is 0.452. The molecule has 0 aromatic heterocycles. The number of benzene rings is 2. The van der Waals surface area contributed by atoms with Gasteiger partial charge in [-0.25, -0.2) is 4.79 Å².